The minimum absolute atomic E-state index is 0.413. The summed E-state index contributed by atoms with van der Waals surface area (Å²) in [4.78, 5) is 0. The summed E-state index contributed by atoms with van der Waals surface area (Å²) in [5.74, 6) is 5.13. The Morgan fingerprint density at radius 3 is 0.864 bits per heavy atom. The second-order valence-electron chi connectivity index (χ2n) is 8.60. The molecule has 0 bridgehead atoms. The van der Waals surface area contributed by atoms with E-state index in [9.17, 15) is 10.2 Å². The van der Waals surface area contributed by atoms with E-state index in [4.69, 9.17) is 0 Å². The number of hydrogen-bond donors (Lipinski definition) is 2. The van der Waals surface area contributed by atoms with Gasteiger partial charge in [0.15, 0.2) is 0 Å². The topological polar surface area (TPSA) is 40.5 Å². The second-order valence-corrected chi connectivity index (χ2v) is 8.60. The summed E-state index contributed by atoms with van der Waals surface area (Å²) < 4.78 is 0. The van der Waals surface area contributed by atoms with Crippen molar-refractivity contribution in [1.29, 1.82) is 0 Å². The van der Waals surface area contributed by atoms with Gasteiger partial charge in [-0.25, -0.2) is 0 Å². The van der Waals surface area contributed by atoms with Crippen LogP contribution in [0.3, 0.4) is 0 Å². The van der Waals surface area contributed by atoms with Gasteiger partial charge in [-0.05, 0) is 113 Å². The fourth-order valence-electron chi connectivity index (χ4n) is 5.77. The summed E-state index contributed by atoms with van der Waals surface area (Å²) in [5, 5.41) is 18.6. The van der Waals surface area contributed by atoms with E-state index in [2.05, 4.69) is 0 Å². The number of hydrogen-bond acceptors (Lipinski definition) is 2. The Morgan fingerprint density at radius 1 is 0.409 bits per heavy atom. The average molecular weight is 309 g/mol. The fraction of sp³-hybridized carbons (Fsp3) is 1.00. The number of aliphatic hydroxyl groups excluding tert-OH is 2. The molecule has 0 atom stereocenters. The Kier molecular flexibility index (Phi) is 6.21. The molecular formula is C20H36O2. The standard InChI is InChI=1S/C20H36O2/c21-13-15-1-5-17(6-2-15)19-9-11-20(12-10-19)18-7-3-16(14-22)4-8-18/h15-22H,1-14H2. The van der Waals surface area contributed by atoms with Gasteiger partial charge in [-0.3, -0.25) is 0 Å². The van der Waals surface area contributed by atoms with Crippen LogP contribution in [0.4, 0.5) is 0 Å². The molecule has 22 heavy (non-hydrogen) atoms. The van der Waals surface area contributed by atoms with Gasteiger partial charge in [-0.1, -0.05) is 0 Å². The first-order chi connectivity index (χ1) is 10.8. The predicted molar refractivity (Wildman–Crippen MR) is 90.5 cm³/mol. The predicted octanol–water partition coefficient (Wildman–Crippen LogP) is 4.39. The zero-order valence-electron chi connectivity index (χ0n) is 14.3. The van der Waals surface area contributed by atoms with Crippen molar-refractivity contribution in [2.75, 3.05) is 13.2 Å². The molecule has 2 heteroatoms. The highest BCUT2D eigenvalue weighted by Crippen LogP contribution is 2.45. The lowest BCUT2D eigenvalue weighted by molar-refractivity contribution is 0.0854. The monoisotopic (exact) mass is 308 g/mol. The summed E-state index contributed by atoms with van der Waals surface area (Å²) in [6.07, 6.45) is 16.5. The zero-order valence-corrected chi connectivity index (χ0v) is 14.3. The van der Waals surface area contributed by atoms with Crippen LogP contribution >= 0.6 is 0 Å². The number of rotatable bonds is 4. The molecule has 0 saturated heterocycles. The molecule has 0 amide bonds. The van der Waals surface area contributed by atoms with E-state index in [1.807, 2.05) is 0 Å². The Labute approximate surface area is 136 Å². The summed E-state index contributed by atoms with van der Waals surface area (Å²) in [5.41, 5.74) is 0. The third-order valence-corrected chi connectivity index (χ3v) is 7.45. The van der Waals surface area contributed by atoms with Crippen molar-refractivity contribution in [2.24, 2.45) is 35.5 Å². The van der Waals surface area contributed by atoms with Crippen molar-refractivity contribution in [2.45, 2.75) is 77.0 Å². The molecular weight excluding hydrogens is 272 g/mol. The molecule has 0 radical (unpaired) electrons. The molecule has 3 aliphatic rings. The van der Waals surface area contributed by atoms with Crippen LogP contribution < -0.4 is 0 Å². The maximum Gasteiger partial charge on any atom is 0.0459 e. The van der Waals surface area contributed by atoms with Gasteiger partial charge in [0.2, 0.25) is 0 Å². The van der Waals surface area contributed by atoms with Crippen LogP contribution in [0, 0.1) is 35.5 Å². The van der Waals surface area contributed by atoms with Crippen LogP contribution in [0.2, 0.25) is 0 Å². The smallest absolute Gasteiger partial charge is 0.0459 e. The Balaban J connectivity index is 1.39. The largest absolute Gasteiger partial charge is 0.396 e. The highest BCUT2D eigenvalue weighted by molar-refractivity contribution is 4.85. The molecule has 0 heterocycles. The lowest BCUT2D eigenvalue weighted by Gasteiger charge is -2.41. The summed E-state index contributed by atoms with van der Waals surface area (Å²) in [6, 6.07) is 0. The lowest BCUT2D eigenvalue weighted by atomic mass is 9.65. The molecule has 0 aliphatic heterocycles. The first-order valence-corrected chi connectivity index (χ1v) is 10.0. The lowest BCUT2D eigenvalue weighted by Crippen LogP contribution is -2.30. The van der Waals surface area contributed by atoms with Gasteiger partial charge in [0.1, 0.15) is 0 Å². The SMILES string of the molecule is OCC1CCC(C2CCC(C3CCC(CO)CC3)CC2)CC1. The molecule has 3 rings (SSSR count). The van der Waals surface area contributed by atoms with E-state index in [-0.39, 0.29) is 0 Å². The molecule has 2 nitrogen and oxygen atoms in total. The normalized spacial score (nSPS) is 43.9. The highest BCUT2D eigenvalue weighted by atomic mass is 16.3. The average Bonchev–Trinajstić information content (AvgIpc) is 2.62. The molecule has 3 fully saturated rings. The van der Waals surface area contributed by atoms with E-state index in [0.717, 1.165) is 23.7 Å². The maximum atomic E-state index is 9.29. The van der Waals surface area contributed by atoms with Crippen LogP contribution in [0.5, 0.6) is 0 Å². The molecule has 3 aliphatic carbocycles. The van der Waals surface area contributed by atoms with Crippen LogP contribution in [-0.2, 0) is 0 Å². The molecule has 0 unspecified atom stereocenters. The molecule has 0 aromatic heterocycles. The van der Waals surface area contributed by atoms with Crippen molar-refractivity contribution in [3.05, 3.63) is 0 Å². The van der Waals surface area contributed by atoms with E-state index in [1.165, 1.54) is 77.0 Å². The van der Waals surface area contributed by atoms with Crippen molar-refractivity contribution in [1.82, 2.24) is 0 Å². The van der Waals surface area contributed by atoms with Gasteiger partial charge < -0.3 is 10.2 Å². The second kappa shape index (κ2) is 8.15. The van der Waals surface area contributed by atoms with Crippen LogP contribution in [0.15, 0.2) is 0 Å². The third kappa shape index (κ3) is 4.06. The van der Waals surface area contributed by atoms with Crippen molar-refractivity contribution in [3.63, 3.8) is 0 Å². The Hall–Kier alpha value is -0.0800. The van der Waals surface area contributed by atoms with Crippen LogP contribution in [0.1, 0.15) is 77.0 Å². The molecule has 0 aromatic rings. The molecule has 128 valence electrons. The maximum absolute atomic E-state index is 9.29. The van der Waals surface area contributed by atoms with Gasteiger partial charge in [0.25, 0.3) is 0 Å². The first kappa shape index (κ1) is 16.8. The van der Waals surface area contributed by atoms with Crippen molar-refractivity contribution < 1.29 is 10.2 Å². The first-order valence-electron chi connectivity index (χ1n) is 10.0. The van der Waals surface area contributed by atoms with Gasteiger partial charge in [-0.15, -0.1) is 0 Å². The molecule has 2 N–H and O–H groups in total. The molecule has 0 spiro atoms. The van der Waals surface area contributed by atoms with Crippen molar-refractivity contribution in [3.8, 4) is 0 Å². The van der Waals surface area contributed by atoms with Gasteiger partial charge in [0.05, 0.1) is 0 Å². The Bertz CT molecular complexity index is 274. The molecule has 0 aromatic carbocycles. The summed E-state index contributed by atoms with van der Waals surface area (Å²) in [6.45, 7) is 0.825. The molecule has 3 saturated carbocycles. The highest BCUT2D eigenvalue weighted by Gasteiger charge is 2.34. The van der Waals surface area contributed by atoms with Gasteiger partial charge >= 0.3 is 0 Å². The zero-order chi connectivity index (χ0) is 15.4. The summed E-state index contributed by atoms with van der Waals surface area (Å²) >= 11 is 0. The minimum Gasteiger partial charge on any atom is -0.396 e. The van der Waals surface area contributed by atoms with Crippen LogP contribution in [0.25, 0.3) is 0 Å². The van der Waals surface area contributed by atoms with Gasteiger partial charge in [-0.2, -0.15) is 0 Å². The van der Waals surface area contributed by atoms with E-state index < -0.39 is 0 Å². The minimum atomic E-state index is 0.413. The fourth-order valence-corrected chi connectivity index (χ4v) is 5.77. The quantitative estimate of drug-likeness (QED) is 0.808. The summed E-state index contributed by atoms with van der Waals surface area (Å²) in [7, 11) is 0. The third-order valence-electron chi connectivity index (χ3n) is 7.45. The number of aliphatic hydroxyl groups is 2. The van der Waals surface area contributed by atoms with Crippen LogP contribution in [-0.4, -0.2) is 23.4 Å². The van der Waals surface area contributed by atoms with E-state index in [1.54, 1.807) is 0 Å². The Morgan fingerprint density at radius 2 is 0.636 bits per heavy atom. The van der Waals surface area contributed by atoms with Gasteiger partial charge in [0, 0.05) is 13.2 Å². The van der Waals surface area contributed by atoms with E-state index in [0.29, 0.717) is 25.0 Å². The van der Waals surface area contributed by atoms with E-state index >= 15 is 0 Å². The van der Waals surface area contributed by atoms with Crippen molar-refractivity contribution >= 4 is 0 Å².